The molecule has 0 saturated carbocycles. The highest BCUT2D eigenvalue weighted by Crippen LogP contribution is 2.42. The predicted molar refractivity (Wildman–Crippen MR) is 114 cm³/mol. The van der Waals surface area contributed by atoms with Crippen molar-refractivity contribution >= 4 is 16.9 Å². The number of fused-ring (bicyclic) bond motifs is 2. The monoisotopic (exact) mass is 403 g/mol. The summed E-state index contributed by atoms with van der Waals surface area (Å²) in [6.45, 7) is 5.58. The van der Waals surface area contributed by atoms with Crippen LogP contribution in [0.4, 0.5) is 0 Å². The molecule has 6 nitrogen and oxygen atoms in total. The Hall–Kier alpha value is -3.30. The Morgan fingerprint density at radius 2 is 2.07 bits per heavy atom. The van der Waals surface area contributed by atoms with Crippen molar-refractivity contribution in [2.75, 3.05) is 13.7 Å². The van der Waals surface area contributed by atoms with Crippen LogP contribution < -0.4 is 4.74 Å². The van der Waals surface area contributed by atoms with Gasteiger partial charge >= 0.3 is 5.97 Å². The van der Waals surface area contributed by atoms with Crippen molar-refractivity contribution in [1.82, 2.24) is 9.88 Å². The maximum absolute atomic E-state index is 12.6. The topological polar surface area (TPSA) is 78.3 Å². The Labute approximate surface area is 176 Å². The molecule has 30 heavy (non-hydrogen) atoms. The van der Waals surface area contributed by atoms with E-state index in [0.29, 0.717) is 25.3 Å². The molecule has 2 heterocycles. The van der Waals surface area contributed by atoms with Crippen molar-refractivity contribution in [2.45, 2.75) is 39.4 Å². The van der Waals surface area contributed by atoms with Crippen molar-refractivity contribution in [1.29, 1.82) is 5.26 Å². The molecule has 1 aliphatic rings. The molecule has 2 aromatic carbocycles. The number of rotatable bonds is 6. The van der Waals surface area contributed by atoms with Gasteiger partial charge in [-0.15, -0.1) is 0 Å². The van der Waals surface area contributed by atoms with Gasteiger partial charge in [0, 0.05) is 35.8 Å². The zero-order chi connectivity index (χ0) is 21.3. The Morgan fingerprint density at radius 3 is 2.80 bits per heavy atom. The summed E-state index contributed by atoms with van der Waals surface area (Å²) < 4.78 is 11.1. The van der Waals surface area contributed by atoms with Crippen LogP contribution in [0.5, 0.6) is 5.75 Å². The molecule has 0 saturated heterocycles. The van der Waals surface area contributed by atoms with E-state index in [-0.39, 0.29) is 18.4 Å². The molecule has 1 N–H and O–H groups in total. The van der Waals surface area contributed by atoms with Gasteiger partial charge in [-0.05, 0) is 54.8 Å². The standard InChI is InChI=1S/C24H25N3O3/c1-4-30-22(28)11-20(27-13-17-6-5-16(12-25)10-18(17)14-27)23-19-7-8-26-24(19)15(2)9-21(23)29-3/h5-10,20,26H,4,11,13-14H2,1-3H3. The third-order valence-electron chi connectivity index (χ3n) is 5.79. The first-order valence-electron chi connectivity index (χ1n) is 10.1. The van der Waals surface area contributed by atoms with Gasteiger partial charge in [0.15, 0.2) is 0 Å². The molecule has 0 spiro atoms. The summed E-state index contributed by atoms with van der Waals surface area (Å²) in [6.07, 6.45) is 2.15. The van der Waals surface area contributed by atoms with Gasteiger partial charge in [0.05, 0.1) is 37.8 Å². The van der Waals surface area contributed by atoms with Crippen LogP contribution in [-0.2, 0) is 22.6 Å². The summed E-state index contributed by atoms with van der Waals surface area (Å²) >= 11 is 0. The molecule has 0 bridgehead atoms. The number of benzene rings is 2. The van der Waals surface area contributed by atoms with Gasteiger partial charge in [0.25, 0.3) is 0 Å². The number of carbonyl (C=O) groups is 1. The second kappa shape index (κ2) is 8.21. The molecule has 1 atom stereocenters. The average Bonchev–Trinajstić information content (AvgIpc) is 3.39. The molecule has 6 heteroatoms. The highest BCUT2D eigenvalue weighted by molar-refractivity contribution is 5.89. The van der Waals surface area contributed by atoms with E-state index in [1.54, 1.807) is 7.11 Å². The number of hydrogen-bond donors (Lipinski definition) is 1. The molecule has 0 amide bonds. The van der Waals surface area contributed by atoms with Crippen molar-refractivity contribution in [3.8, 4) is 11.8 Å². The van der Waals surface area contributed by atoms with Crippen LogP contribution >= 0.6 is 0 Å². The van der Waals surface area contributed by atoms with E-state index < -0.39 is 0 Å². The lowest BCUT2D eigenvalue weighted by molar-refractivity contribution is -0.144. The number of H-pyrrole nitrogens is 1. The fourth-order valence-electron chi connectivity index (χ4n) is 4.41. The van der Waals surface area contributed by atoms with Gasteiger partial charge in [-0.3, -0.25) is 9.69 Å². The summed E-state index contributed by atoms with van der Waals surface area (Å²) in [6, 6.07) is 11.8. The van der Waals surface area contributed by atoms with Crippen LogP contribution in [0, 0.1) is 18.3 Å². The number of aromatic nitrogens is 1. The van der Waals surface area contributed by atoms with Crippen LogP contribution in [0.2, 0.25) is 0 Å². The number of ether oxygens (including phenoxy) is 2. The van der Waals surface area contributed by atoms with Gasteiger partial charge in [-0.1, -0.05) is 6.07 Å². The molecule has 1 aromatic heterocycles. The van der Waals surface area contributed by atoms with Gasteiger partial charge in [-0.25, -0.2) is 0 Å². The molecular formula is C24H25N3O3. The molecular weight excluding hydrogens is 378 g/mol. The summed E-state index contributed by atoms with van der Waals surface area (Å²) in [5.74, 6) is 0.532. The number of nitrogens with one attached hydrogen (secondary N) is 1. The Morgan fingerprint density at radius 1 is 1.27 bits per heavy atom. The van der Waals surface area contributed by atoms with E-state index in [1.807, 2.05) is 50.4 Å². The number of hydrogen-bond acceptors (Lipinski definition) is 5. The highest BCUT2D eigenvalue weighted by Gasteiger charge is 2.33. The molecule has 0 radical (unpaired) electrons. The summed E-state index contributed by atoms with van der Waals surface area (Å²) in [5.41, 5.74) is 6.08. The van der Waals surface area contributed by atoms with Gasteiger partial charge < -0.3 is 14.5 Å². The molecule has 0 aliphatic carbocycles. The number of aryl methyl sites for hydroxylation is 1. The lowest BCUT2D eigenvalue weighted by atomic mass is 9.95. The third kappa shape index (κ3) is 3.53. The minimum Gasteiger partial charge on any atom is -0.496 e. The molecule has 154 valence electrons. The first-order valence-corrected chi connectivity index (χ1v) is 10.1. The first kappa shape index (κ1) is 20.0. The molecule has 1 unspecified atom stereocenters. The number of aromatic amines is 1. The maximum atomic E-state index is 12.6. The second-order valence-electron chi connectivity index (χ2n) is 7.60. The Balaban J connectivity index is 1.80. The molecule has 1 aliphatic heterocycles. The largest absolute Gasteiger partial charge is 0.496 e. The van der Waals surface area contributed by atoms with Crippen molar-refractivity contribution in [3.05, 3.63) is 64.3 Å². The number of carbonyl (C=O) groups excluding carboxylic acids is 1. The number of nitrogens with zero attached hydrogens (tertiary/aromatic N) is 2. The van der Waals surface area contributed by atoms with Gasteiger partial charge in [-0.2, -0.15) is 5.26 Å². The maximum Gasteiger partial charge on any atom is 0.307 e. The molecule has 3 aromatic rings. The molecule has 0 fully saturated rings. The summed E-state index contributed by atoms with van der Waals surface area (Å²) in [5, 5.41) is 10.3. The number of methoxy groups -OCH3 is 1. The predicted octanol–water partition coefficient (Wildman–Crippen LogP) is 4.37. The quantitative estimate of drug-likeness (QED) is 0.619. The smallest absolute Gasteiger partial charge is 0.307 e. The normalized spacial score (nSPS) is 14.3. The lowest BCUT2D eigenvalue weighted by Crippen LogP contribution is -2.27. The second-order valence-corrected chi connectivity index (χ2v) is 7.60. The fourth-order valence-corrected chi connectivity index (χ4v) is 4.41. The van der Waals surface area contributed by atoms with Crippen LogP contribution in [-0.4, -0.2) is 29.6 Å². The fraction of sp³-hybridized carbons (Fsp3) is 0.333. The summed E-state index contributed by atoms with van der Waals surface area (Å²) in [7, 11) is 1.66. The van der Waals surface area contributed by atoms with Gasteiger partial charge in [0.2, 0.25) is 0 Å². The Bertz CT molecular complexity index is 1140. The van der Waals surface area contributed by atoms with E-state index in [4.69, 9.17) is 9.47 Å². The zero-order valence-corrected chi connectivity index (χ0v) is 17.5. The first-order chi connectivity index (χ1) is 14.5. The SMILES string of the molecule is CCOC(=O)CC(c1c(OC)cc(C)c2[nH]ccc12)N1Cc2ccc(C#N)cc2C1. The zero-order valence-electron chi connectivity index (χ0n) is 17.5. The highest BCUT2D eigenvalue weighted by atomic mass is 16.5. The van der Waals surface area contributed by atoms with Crippen LogP contribution in [0.25, 0.3) is 10.9 Å². The van der Waals surface area contributed by atoms with Crippen molar-refractivity contribution in [2.24, 2.45) is 0 Å². The van der Waals surface area contributed by atoms with E-state index in [9.17, 15) is 10.1 Å². The van der Waals surface area contributed by atoms with E-state index >= 15 is 0 Å². The summed E-state index contributed by atoms with van der Waals surface area (Å²) in [4.78, 5) is 18.1. The van der Waals surface area contributed by atoms with Crippen LogP contribution in [0.15, 0.2) is 36.5 Å². The van der Waals surface area contributed by atoms with Crippen molar-refractivity contribution < 1.29 is 14.3 Å². The van der Waals surface area contributed by atoms with E-state index in [0.717, 1.165) is 33.3 Å². The lowest BCUT2D eigenvalue weighted by Gasteiger charge is -2.29. The third-order valence-corrected chi connectivity index (χ3v) is 5.79. The Kier molecular flexibility index (Phi) is 5.47. The van der Waals surface area contributed by atoms with Crippen LogP contribution in [0.1, 0.15) is 47.2 Å². The van der Waals surface area contributed by atoms with E-state index in [2.05, 4.69) is 16.0 Å². The number of nitriles is 1. The minimum absolute atomic E-state index is 0.212. The number of esters is 1. The van der Waals surface area contributed by atoms with Crippen LogP contribution in [0.3, 0.4) is 0 Å². The average molecular weight is 403 g/mol. The minimum atomic E-state index is -0.234. The molecule has 4 rings (SSSR count). The van der Waals surface area contributed by atoms with Crippen molar-refractivity contribution in [3.63, 3.8) is 0 Å². The van der Waals surface area contributed by atoms with Gasteiger partial charge in [0.1, 0.15) is 5.75 Å². The van der Waals surface area contributed by atoms with E-state index in [1.165, 1.54) is 5.56 Å².